The molecule has 0 spiro atoms. The summed E-state index contributed by atoms with van der Waals surface area (Å²) in [5.74, 6) is 2.11. The first-order valence-corrected chi connectivity index (χ1v) is 6.98. The van der Waals surface area contributed by atoms with Crippen LogP contribution in [-0.2, 0) is 18.7 Å². The summed E-state index contributed by atoms with van der Waals surface area (Å²) < 4.78 is 5.48. The monoisotopic (exact) mass is 263 g/mol. The number of nitrogens with zero attached hydrogens (tertiary/aromatic N) is 2. The van der Waals surface area contributed by atoms with Gasteiger partial charge in [-0.3, -0.25) is 0 Å². The molecular weight excluding hydrogens is 246 g/mol. The van der Waals surface area contributed by atoms with Crippen molar-refractivity contribution in [1.82, 2.24) is 15.5 Å². The predicted molar refractivity (Wildman–Crippen MR) is 72.4 cm³/mol. The summed E-state index contributed by atoms with van der Waals surface area (Å²) in [6.45, 7) is 2.89. The largest absolute Gasteiger partial charge is 0.424 e. The van der Waals surface area contributed by atoms with Gasteiger partial charge in [0.2, 0.25) is 11.8 Å². The summed E-state index contributed by atoms with van der Waals surface area (Å²) in [6, 6.07) is 8.46. The fourth-order valence-corrected chi connectivity index (χ4v) is 2.40. The highest BCUT2D eigenvalue weighted by atomic mass is 32.2. The molecule has 2 aromatic rings. The van der Waals surface area contributed by atoms with Gasteiger partial charge in [-0.1, -0.05) is 19.1 Å². The van der Waals surface area contributed by atoms with Crippen molar-refractivity contribution in [3.63, 3.8) is 0 Å². The van der Waals surface area contributed by atoms with Crippen LogP contribution in [0.2, 0.25) is 0 Å². The van der Waals surface area contributed by atoms with E-state index in [4.69, 9.17) is 4.42 Å². The number of hydrogen-bond donors (Lipinski definition) is 1. The first-order valence-electron chi connectivity index (χ1n) is 5.99. The van der Waals surface area contributed by atoms with Gasteiger partial charge in [-0.2, -0.15) is 0 Å². The fraction of sp³-hybridized carbons (Fsp3) is 0.385. The Bertz CT molecular complexity index is 498. The summed E-state index contributed by atoms with van der Waals surface area (Å²) in [5, 5.41) is 11.1. The second-order valence-electron chi connectivity index (χ2n) is 3.91. The van der Waals surface area contributed by atoms with Crippen LogP contribution in [0.25, 0.3) is 0 Å². The Labute approximate surface area is 111 Å². The molecule has 0 amide bonds. The van der Waals surface area contributed by atoms with Crippen LogP contribution >= 0.6 is 11.8 Å². The topological polar surface area (TPSA) is 51.0 Å². The molecule has 0 fully saturated rings. The Morgan fingerprint density at radius 1 is 1.28 bits per heavy atom. The number of rotatable bonds is 6. The van der Waals surface area contributed by atoms with Gasteiger partial charge in [-0.15, -0.1) is 22.0 Å². The molecule has 1 N–H and O–H groups in total. The van der Waals surface area contributed by atoms with E-state index < -0.39 is 0 Å². The van der Waals surface area contributed by atoms with Crippen LogP contribution in [0.3, 0.4) is 0 Å². The van der Waals surface area contributed by atoms with Crippen LogP contribution in [0.5, 0.6) is 0 Å². The molecule has 1 aromatic heterocycles. The lowest BCUT2D eigenvalue weighted by Crippen LogP contribution is -2.04. The first-order chi connectivity index (χ1) is 8.81. The summed E-state index contributed by atoms with van der Waals surface area (Å²) >= 11 is 1.71. The maximum atomic E-state index is 5.48. The SMILES string of the molecule is CCc1nnc(CSc2cccc(CNC)c2)o1. The van der Waals surface area contributed by atoms with Crippen molar-refractivity contribution in [3.8, 4) is 0 Å². The van der Waals surface area contributed by atoms with Gasteiger partial charge in [0.15, 0.2) is 0 Å². The molecule has 2 rings (SSSR count). The predicted octanol–water partition coefficient (Wildman–Crippen LogP) is 2.64. The Hall–Kier alpha value is -1.33. The van der Waals surface area contributed by atoms with Crippen LogP contribution in [0.4, 0.5) is 0 Å². The maximum Gasteiger partial charge on any atom is 0.226 e. The van der Waals surface area contributed by atoms with Crippen LogP contribution in [0.1, 0.15) is 24.3 Å². The van der Waals surface area contributed by atoms with Crippen molar-refractivity contribution < 1.29 is 4.42 Å². The van der Waals surface area contributed by atoms with Gasteiger partial charge in [-0.25, -0.2) is 0 Å². The molecule has 0 bridgehead atoms. The minimum Gasteiger partial charge on any atom is -0.424 e. The zero-order valence-electron chi connectivity index (χ0n) is 10.6. The van der Waals surface area contributed by atoms with E-state index in [9.17, 15) is 0 Å². The summed E-state index contributed by atoms with van der Waals surface area (Å²) in [6.07, 6.45) is 0.787. The molecule has 1 aromatic carbocycles. The van der Waals surface area contributed by atoms with E-state index in [0.717, 1.165) is 18.7 Å². The lowest BCUT2D eigenvalue weighted by Gasteiger charge is -2.03. The highest BCUT2D eigenvalue weighted by Crippen LogP contribution is 2.23. The molecule has 1 heterocycles. The maximum absolute atomic E-state index is 5.48. The fourth-order valence-electron chi connectivity index (χ4n) is 1.58. The molecule has 0 aliphatic heterocycles. The molecule has 0 saturated heterocycles. The first kappa shape index (κ1) is 13.1. The van der Waals surface area contributed by atoms with E-state index in [1.54, 1.807) is 11.8 Å². The molecule has 96 valence electrons. The molecule has 0 aliphatic rings. The smallest absolute Gasteiger partial charge is 0.226 e. The second-order valence-corrected chi connectivity index (χ2v) is 4.96. The Morgan fingerprint density at radius 3 is 2.83 bits per heavy atom. The van der Waals surface area contributed by atoms with E-state index in [2.05, 4.69) is 39.8 Å². The van der Waals surface area contributed by atoms with Gasteiger partial charge in [0.1, 0.15) is 0 Å². The van der Waals surface area contributed by atoms with Crippen molar-refractivity contribution >= 4 is 11.8 Å². The standard InChI is InChI=1S/C13H17N3OS/c1-3-12-15-16-13(17-12)9-18-11-6-4-5-10(7-11)8-14-2/h4-7,14H,3,8-9H2,1-2H3. The van der Waals surface area contributed by atoms with Gasteiger partial charge >= 0.3 is 0 Å². The molecule has 5 heteroatoms. The number of aromatic nitrogens is 2. The minimum atomic E-state index is 0.691. The Balaban J connectivity index is 1.94. The summed E-state index contributed by atoms with van der Waals surface area (Å²) in [5.41, 5.74) is 1.28. The zero-order valence-corrected chi connectivity index (χ0v) is 11.5. The van der Waals surface area contributed by atoms with Crippen LogP contribution < -0.4 is 5.32 Å². The number of hydrogen-bond acceptors (Lipinski definition) is 5. The average molecular weight is 263 g/mol. The molecule has 0 unspecified atom stereocenters. The van der Waals surface area contributed by atoms with E-state index >= 15 is 0 Å². The van der Waals surface area contributed by atoms with E-state index in [0.29, 0.717) is 11.8 Å². The molecular formula is C13H17N3OS. The number of aryl methyl sites for hydroxylation is 1. The molecule has 18 heavy (non-hydrogen) atoms. The van der Waals surface area contributed by atoms with Gasteiger partial charge in [0.05, 0.1) is 5.75 Å². The minimum absolute atomic E-state index is 0.691. The molecule has 0 aliphatic carbocycles. The lowest BCUT2D eigenvalue weighted by molar-refractivity contribution is 0.470. The molecule has 0 atom stereocenters. The van der Waals surface area contributed by atoms with Crippen molar-refractivity contribution in [2.75, 3.05) is 7.05 Å². The second kappa shape index (κ2) is 6.56. The Kier molecular flexibility index (Phi) is 4.78. The van der Waals surface area contributed by atoms with Crippen molar-refractivity contribution in [2.24, 2.45) is 0 Å². The van der Waals surface area contributed by atoms with Crippen LogP contribution in [0.15, 0.2) is 33.6 Å². The highest BCUT2D eigenvalue weighted by molar-refractivity contribution is 7.98. The number of nitrogens with one attached hydrogen (secondary N) is 1. The van der Waals surface area contributed by atoms with Crippen molar-refractivity contribution in [3.05, 3.63) is 41.6 Å². The third-order valence-corrected chi connectivity index (χ3v) is 3.43. The molecule has 0 radical (unpaired) electrons. The van der Waals surface area contributed by atoms with Crippen molar-refractivity contribution in [2.45, 2.75) is 30.5 Å². The third-order valence-electron chi connectivity index (χ3n) is 2.45. The lowest BCUT2D eigenvalue weighted by atomic mass is 10.2. The zero-order chi connectivity index (χ0) is 12.8. The van der Waals surface area contributed by atoms with Gasteiger partial charge < -0.3 is 9.73 Å². The van der Waals surface area contributed by atoms with E-state index in [-0.39, 0.29) is 0 Å². The van der Waals surface area contributed by atoms with E-state index in [1.165, 1.54) is 10.5 Å². The third kappa shape index (κ3) is 3.58. The van der Waals surface area contributed by atoms with Crippen molar-refractivity contribution in [1.29, 1.82) is 0 Å². The Morgan fingerprint density at radius 2 is 2.11 bits per heavy atom. The number of thioether (sulfide) groups is 1. The van der Waals surface area contributed by atoms with Gasteiger partial charge in [0, 0.05) is 17.9 Å². The summed E-state index contributed by atoms with van der Waals surface area (Å²) in [7, 11) is 1.95. The highest BCUT2D eigenvalue weighted by Gasteiger charge is 2.05. The van der Waals surface area contributed by atoms with Gasteiger partial charge in [0.25, 0.3) is 0 Å². The molecule has 0 saturated carbocycles. The van der Waals surface area contributed by atoms with Crippen LogP contribution in [-0.4, -0.2) is 17.2 Å². The average Bonchev–Trinajstić information content (AvgIpc) is 2.85. The van der Waals surface area contributed by atoms with Gasteiger partial charge in [-0.05, 0) is 24.7 Å². The number of benzene rings is 1. The van der Waals surface area contributed by atoms with Crippen LogP contribution in [0, 0.1) is 0 Å². The molecule has 4 nitrogen and oxygen atoms in total. The normalized spacial score (nSPS) is 10.8. The summed E-state index contributed by atoms with van der Waals surface area (Å²) in [4.78, 5) is 1.22. The van der Waals surface area contributed by atoms with E-state index in [1.807, 2.05) is 14.0 Å². The quantitative estimate of drug-likeness (QED) is 0.812.